The van der Waals surface area contributed by atoms with E-state index in [4.69, 9.17) is 12.2 Å². The second-order valence-corrected chi connectivity index (χ2v) is 5.31. The molecular formula is C16H13F2N3S. The Labute approximate surface area is 132 Å². The summed E-state index contributed by atoms with van der Waals surface area (Å²) in [5.41, 5.74) is 6.08. The van der Waals surface area contributed by atoms with Crippen molar-refractivity contribution < 1.29 is 8.78 Å². The molecule has 0 amide bonds. The van der Waals surface area contributed by atoms with E-state index < -0.39 is 11.6 Å². The van der Waals surface area contributed by atoms with Gasteiger partial charge in [-0.2, -0.15) is 5.10 Å². The largest absolute Gasteiger partial charge is 0.329 e. The Kier molecular flexibility index (Phi) is 4.11. The monoisotopic (exact) mass is 317 g/mol. The summed E-state index contributed by atoms with van der Waals surface area (Å²) in [5, 5.41) is 7.09. The van der Waals surface area contributed by atoms with Gasteiger partial charge in [0.2, 0.25) is 0 Å². The van der Waals surface area contributed by atoms with Gasteiger partial charge in [0, 0.05) is 11.6 Å². The minimum Gasteiger partial charge on any atom is -0.329 e. The molecule has 0 saturated heterocycles. The van der Waals surface area contributed by atoms with Crippen LogP contribution in [0.5, 0.6) is 0 Å². The molecule has 0 bridgehead atoms. The zero-order valence-corrected chi connectivity index (χ0v) is 12.4. The van der Waals surface area contributed by atoms with Crippen molar-refractivity contribution in [2.24, 2.45) is 5.10 Å². The predicted octanol–water partition coefficient (Wildman–Crippen LogP) is 3.60. The van der Waals surface area contributed by atoms with Gasteiger partial charge in [-0.15, -0.1) is 0 Å². The van der Waals surface area contributed by atoms with Crippen molar-refractivity contribution in [1.82, 2.24) is 5.43 Å². The van der Waals surface area contributed by atoms with Crippen LogP contribution in [0.25, 0.3) is 0 Å². The van der Waals surface area contributed by atoms with Crippen molar-refractivity contribution in [3.63, 3.8) is 0 Å². The molecule has 0 unspecified atom stereocenters. The number of hydrazone groups is 1. The van der Waals surface area contributed by atoms with Crippen molar-refractivity contribution in [2.45, 2.75) is 12.8 Å². The summed E-state index contributed by atoms with van der Waals surface area (Å²) in [7, 11) is 0. The van der Waals surface area contributed by atoms with Gasteiger partial charge in [-0.1, -0.05) is 24.3 Å². The number of hydrogen-bond donors (Lipinski definition) is 2. The number of thiocarbonyl (C=S) groups is 1. The quantitative estimate of drug-likeness (QED) is 0.656. The molecule has 1 aliphatic rings. The molecule has 0 saturated carbocycles. The summed E-state index contributed by atoms with van der Waals surface area (Å²) < 4.78 is 26.4. The molecule has 1 aliphatic carbocycles. The predicted molar refractivity (Wildman–Crippen MR) is 87.0 cm³/mol. The van der Waals surface area contributed by atoms with Crippen molar-refractivity contribution in [3.8, 4) is 0 Å². The summed E-state index contributed by atoms with van der Waals surface area (Å²) in [6, 6.07) is 11.3. The highest BCUT2D eigenvalue weighted by atomic mass is 32.1. The third-order valence-electron chi connectivity index (χ3n) is 3.43. The van der Waals surface area contributed by atoms with Gasteiger partial charge >= 0.3 is 0 Å². The number of anilines is 1. The number of nitrogens with zero attached hydrogens (tertiary/aromatic N) is 1. The van der Waals surface area contributed by atoms with Gasteiger partial charge in [-0.3, -0.25) is 5.43 Å². The van der Waals surface area contributed by atoms with E-state index in [1.807, 2.05) is 18.2 Å². The first-order valence-corrected chi connectivity index (χ1v) is 7.21. The molecule has 6 heteroatoms. The maximum Gasteiger partial charge on any atom is 0.191 e. The Balaban J connectivity index is 1.67. The molecule has 2 aromatic carbocycles. The molecule has 0 spiro atoms. The van der Waals surface area contributed by atoms with E-state index >= 15 is 0 Å². The standard InChI is InChI=1S/C16H13F2N3S/c17-11-6-8-15(13(18)9-11)19-16(22)21-20-14-7-5-10-3-1-2-4-12(10)14/h1-4,6,8-9H,5,7H2,(H2,19,21,22)/b20-14+. The molecule has 22 heavy (non-hydrogen) atoms. The second kappa shape index (κ2) is 6.19. The van der Waals surface area contributed by atoms with Gasteiger partial charge in [0.15, 0.2) is 5.11 Å². The van der Waals surface area contributed by atoms with Crippen LogP contribution in [0.1, 0.15) is 17.5 Å². The first kappa shape index (κ1) is 14.6. The van der Waals surface area contributed by atoms with E-state index in [0.717, 1.165) is 36.2 Å². The Morgan fingerprint density at radius 3 is 2.73 bits per heavy atom. The fourth-order valence-electron chi connectivity index (χ4n) is 2.38. The van der Waals surface area contributed by atoms with E-state index in [1.54, 1.807) is 0 Å². The summed E-state index contributed by atoms with van der Waals surface area (Å²) in [5.74, 6) is -1.34. The van der Waals surface area contributed by atoms with Gasteiger partial charge in [0.05, 0.1) is 11.4 Å². The number of benzene rings is 2. The molecule has 0 aliphatic heterocycles. The molecule has 0 heterocycles. The van der Waals surface area contributed by atoms with E-state index in [2.05, 4.69) is 21.9 Å². The summed E-state index contributed by atoms with van der Waals surface area (Å²) in [6.07, 6.45) is 1.78. The first-order chi connectivity index (χ1) is 10.6. The Hall–Kier alpha value is -2.34. The third-order valence-corrected chi connectivity index (χ3v) is 3.62. The Bertz CT molecular complexity index is 759. The topological polar surface area (TPSA) is 36.4 Å². The normalized spacial score (nSPS) is 14.7. The SMILES string of the molecule is Fc1ccc(NC(=S)N/N=C2\CCc3ccccc32)c(F)c1. The molecule has 112 valence electrons. The van der Waals surface area contributed by atoms with Crippen molar-refractivity contribution in [1.29, 1.82) is 0 Å². The minimum absolute atomic E-state index is 0.103. The highest BCUT2D eigenvalue weighted by molar-refractivity contribution is 7.80. The number of rotatable bonds is 2. The number of hydrogen-bond acceptors (Lipinski definition) is 2. The molecular weight excluding hydrogens is 304 g/mol. The van der Waals surface area contributed by atoms with Gasteiger partial charge in [0.1, 0.15) is 11.6 Å². The zero-order valence-electron chi connectivity index (χ0n) is 11.6. The number of halogens is 2. The van der Waals surface area contributed by atoms with E-state index in [-0.39, 0.29) is 10.8 Å². The van der Waals surface area contributed by atoms with Gasteiger partial charge in [0.25, 0.3) is 0 Å². The van der Waals surface area contributed by atoms with Gasteiger partial charge < -0.3 is 5.32 Å². The number of nitrogens with one attached hydrogen (secondary N) is 2. The van der Waals surface area contributed by atoms with E-state index in [1.165, 1.54) is 11.6 Å². The van der Waals surface area contributed by atoms with Crippen molar-refractivity contribution in [2.75, 3.05) is 5.32 Å². The number of aryl methyl sites for hydroxylation is 1. The van der Waals surface area contributed by atoms with Crippen LogP contribution < -0.4 is 10.7 Å². The average molecular weight is 317 g/mol. The van der Waals surface area contributed by atoms with Crippen LogP contribution in [-0.2, 0) is 6.42 Å². The molecule has 0 aromatic heterocycles. The highest BCUT2D eigenvalue weighted by Gasteiger charge is 2.16. The lowest BCUT2D eigenvalue weighted by atomic mass is 10.1. The summed E-state index contributed by atoms with van der Waals surface area (Å²) in [4.78, 5) is 0. The Morgan fingerprint density at radius 2 is 1.91 bits per heavy atom. The van der Waals surface area contributed by atoms with Crippen molar-refractivity contribution >= 4 is 28.7 Å². The molecule has 2 aromatic rings. The fourth-order valence-corrected chi connectivity index (χ4v) is 2.54. The lowest BCUT2D eigenvalue weighted by molar-refractivity contribution is 0.586. The van der Waals surface area contributed by atoms with Gasteiger partial charge in [-0.25, -0.2) is 8.78 Å². The summed E-state index contributed by atoms with van der Waals surface area (Å²) in [6.45, 7) is 0. The van der Waals surface area contributed by atoms with Crippen molar-refractivity contribution in [3.05, 3.63) is 65.2 Å². The highest BCUT2D eigenvalue weighted by Crippen LogP contribution is 2.21. The van der Waals surface area contributed by atoms with E-state index in [0.29, 0.717) is 0 Å². The third kappa shape index (κ3) is 3.12. The van der Waals surface area contributed by atoms with Crippen LogP contribution in [-0.4, -0.2) is 10.8 Å². The van der Waals surface area contributed by atoms with E-state index in [9.17, 15) is 8.78 Å². The van der Waals surface area contributed by atoms with Crippen LogP contribution in [0.2, 0.25) is 0 Å². The molecule has 0 radical (unpaired) electrons. The zero-order chi connectivity index (χ0) is 15.5. The second-order valence-electron chi connectivity index (χ2n) is 4.91. The lowest BCUT2D eigenvalue weighted by Gasteiger charge is -2.09. The average Bonchev–Trinajstić information content (AvgIpc) is 2.91. The molecule has 0 atom stereocenters. The molecule has 0 fully saturated rings. The van der Waals surface area contributed by atoms with Gasteiger partial charge in [-0.05, 0) is 42.8 Å². The lowest BCUT2D eigenvalue weighted by Crippen LogP contribution is -2.25. The number of fused-ring (bicyclic) bond motifs is 1. The van der Waals surface area contributed by atoms with Crippen LogP contribution >= 0.6 is 12.2 Å². The molecule has 3 rings (SSSR count). The first-order valence-electron chi connectivity index (χ1n) is 6.80. The van der Waals surface area contributed by atoms with Crippen LogP contribution in [0.3, 0.4) is 0 Å². The smallest absolute Gasteiger partial charge is 0.191 e. The van der Waals surface area contributed by atoms with Crippen LogP contribution in [0.4, 0.5) is 14.5 Å². The summed E-state index contributed by atoms with van der Waals surface area (Å²) >= 11 is 5.07. The maximum atomic E-state index is 13.5. The molecule has 2 N–H and O–H groups in total. The Morgan fingerprint density at radius 1 is 1.09 bits per heavy atom. The minimum atomic E-state index is -0.706. The fraction of sp³-hybridized carbons (Fsp3) is 0.125. The maximum absolute atomic E-state index is 13.5. The van der Waals surface area contributed by atoms with Crippen LogP contribution in [0.15, 0.2) is 47.6 Å². The van der Waals surface area contributed by atoms with Crippen LogP contribution in [0, 0.1) is 11.6 Å². The molecule has 3 nitrogen and oxygen atoms in total.